The molecule has 0 saturated heterocycles. The van der Waals surface area contributed by atoms with Crippen molar-refractivity contribution >= 4 is 40.5 Å². The number of aromatic nitrogens is 2. The number of nitro benzene ring substituents is 1. The highest BCUT2D eigenvalue weighted by molar-refractivity contribution is 6.41. The van der Waals surface area contributed by atoms with Crippen LogP contribution >= 0.6 is 34.8 Å². The number of nitrogens with zero attached hydrogens (tertiary/aromatic N) is 3. The van der Waals surface area contributed by atoms with E-state index in [-0.39, 0.29) is 27.3 Å². The van der Waals surface area contributed by atoms with Gasteiger partial charge in [0.25, 0.3) is 11.2 Å². The first-order valence-electron chi connectivity index (χ1n) is 5.24. The van der Waals surface area contributed by atoms with E-state index >= 15 is 0 Å². The Morgan fingerprint density at radius 2 is 1.95 bits per heavy atom. The summed E-state index contributed by atoms with van der Waals surface area (Å²) in [4.78, 5) is 21.9. The average Bonchev–Trinajstić information content (AvgIpc) is 2.41. The normalized spacial score (nSPS) is 10.6. The zero-order valence-corrected chi connectivity index (χ0v) is 12.0. The molecule has 0 fully saturated rings. The van der Waals surface area contributed by atoms with Gasteiger partial charge in [-0.2, -0.15) is 5.10 Å². The summed E-state index contributed by atoms with van der Waals surface area (Å²) in [7, 11) is 0. The summed E-state index contributed by atoms with van der Waals surface area (Å²) in [6, 6.07) is 3.96. The van der Waals surface area contributed by atoms with E-state index in [1.165, 1.54) is 24.4 Å². The lowest BCUT2D eigenvalue weighted by Gasteiger charge is -2.07. The molecule has 0 aliphatic heterocycles. The first-order chi connectivity index (χ1) is 9.40. The number of rotatable bonds is 3. The zero-order valence-electron chi connectivity index (χ0n) is 9.72. The second-order valence-corrected chi connectivity index (χ2v) is 4.99. The quantitative estimate of drug-likeness (QED) is 0.638. The number of nitro groups is 1. The molecule has 0 radical (unpaired) electrons. The average molecular weight is 335 g/mol. The minimum atomic E-state index is -0.561. The SMILES string of the molecule is O=c1c(Cl)c(Cl)cnn1Cc1ccc([N+](=O)[O-])cc1Cl. The topological polar surface area (TPSA) is 78.0 Å². The molecule has 1 aromatic heterocycles. The van der Waals surface area contributed by atoms with E-state index in [9.17, 15) is 14.9 Å². The van der Waals surface area contributed by atoms with Crippen LogP contribution in [0.5, 0.6) is 0 Å². The molecule has 0 aliphatic rings. The summed E-state index contributed by atoms with van der Waals surface area (Å²) < 4.78 is 1.07. The minimum Gasteiger partial charge on any atom is -0.266 e. The van der Waals surface area contributed by atoms with Crippen molar-refractivity contribution in [2.24, 2.45) is 0 Å². The molecule has 1 heterocycles. The molecule has 2 rings (SSSR count). The van der Waals surface area contributed by atoms with E-state index in [2.05, 4.69) is 5.10 Å². The van der Waals surface area contributed by atoms with Crippen LogP contribution in [-0.4, -0.2) is 14.7 Å². The summed E-state index contributed by atoms with van der Waals surface area (Å²) >= 11 is 17.3. The van der Waals surface area contributed by atoms with Gasteiger partial charge in [0.15, 0.2) is 0 Å². The zero-order chi connectivity index (χ0) is 14.9. The number of non-ortho nitro benzene ring substituents is 1. The Morgan fingerprint density at radius 1 is 1.25 bits per heavy atom. The maximum absolute atomic E-state index is 11.8. The number of benzene rings is 1. The van der Waals surface area contributed by atoms with Gasteiger partial charge in [0, 0.05) is 12.1 Å². The van der Waals surface area contributed by atoms with Crippen molar-refractivity contribution in [2.75, 3.05) is 0 Å². The number of halogens is 3. The van der Waals surface area contributed by atoms with Crippen LogP contribution in [0.25, 0.3) is 0 Å². The summed E-state index contributed by atoms with van der Waals surface area (Å²) in [6.45, 7) is 0.0343. The van der Waals surface area contributed by atoms with E-state index in [0.29, 0.717) is 5.56 Å². The lowest BCUT2D eigenvalue weighted by molar-refractivity contribution is -0.384. The Morgan fingerprint density at radius 3 is 2.55 bits per heavy atom. The van der Waals surface area contributed by atoms with Crippen LogP contribution in [0.2, 0.25) is 15.1 Å². The maximum atomic E-state index is 11.8. The van der Waals surface area contributed by atoms with E-state index in [4.69, 9.17) is 34.8 Å². The Labute approximate surface area is 127 Å². The monoisotopic (exact) mass is 333 g/mol. The van der Waals surface area contributed by atoms with Gasteiger partial charge in [-0.3, -0.25) is 14.9 Å². The molecule has 0 atom stereocenters. The van der Waals surface area contributed by atoms with Crippen molar-refractivity contribution < 1.29 is 4.92 Å². The summed E-state index contributed by atoms with van der Waals surface area (Å²) in [6.07, 6.45) is 1.24. The number of hydrogen-bond donors (Lipinski definition) is 0. The highest BCUT2D eigenvalue weighted by atomic mass is 35.5. The Balaban J connectivity index is 2.38. The molecular weight excluding hydrogens is 328 g/mol. The minimum absolute atomic E-state index is 0.0343. The number of hydrogen-bond acceptors (Lipinski definition) is 4. The van der Waals surface area contributed by atoms with Crippen molar-refractivity contribution in [3.05, 3.63) is 65.5 Å². The van der Waals surface area contributed by atoms with Gasteiger partial charge >= 0.3 is 0 Å². The fourth-order valence-electron chi connectivity index (χ4n) is 1.50. The maximum Gasteiger partial charge on any atom is 0.287 e. The first-order valence-corrected chi connectivity index (χ1v) is 6.37. The van der Waals surface area contributed by atoms with Crippen LogP contribution in [0.3, 0.4) is 0 Å². The fraction of sp³-hybridized carbons (Fsp3) is 0.0909. The molecule has 0 spiro atoms. The second-order valence-electron chi connectivity index (χ2n) is 3.80. The van der Waals surface area contributed by atoms with Crippen molar-refractivity contribution in [3.8, 4) is 0 Å². The van der Waals surface area contributed by atoms with Gasteiger partial charge in [-0.15, -0.1) is 0 Å². The molecule has 0 bridgehead atoms. The molecule has 0 N–H and O–H groups in total. The fourth-order valence-corrected chi connectivity index (χ4v) is 2.00. The predicted molar refractivity (Wildman–Crippen MR) is 75.7 cm³/mol. The molecule has 9 heteroatoms. The predicted octanol–water partition coefficient (Wildman–Crippen LogP) is 3.16. The third-order valence-corrected chi connectivity index (χ3v) is 3.61. The third kappa shape index (κ3) is 2.92. The van der Waals surface area contributed by atoms with Gasteiger partial charge in [0.05, 0.1) is 27.7 Å². The van der Waals surface area contributed by atoms with Crippen LogP contribution in [0.15, 0.2) is 29.2 Å². The molecule has 0 unspecified atom stereocenters. The van der Waals surface area contributed by atoms with Crippen molar-refractivity contribution in [1.82, 2.24) is 9.78 Å². The third-order valence-electron chi connectivity index (χ3n) is 2.51. The molecule has 1 aromatic carbocycles. The Hall–Kier alpha value is -1.63. The van der Waals surface area contributed by atoms with Crippen LogP contribution in [0.1, 0.15) is 5.56 Å². The molecule has 0 amide bonds. The molecule has 104 valence electrons. The van der Waals surface area contributed by atoms with Crippen LogP contribution in [-0.2, 0) is 6.54 Å². The molecule has 0 aliphatic carbocycles. The van der Waals surface area contributed by atoms with Crippen LogP contribution in [0, 0.1) is 10.1 Å². The summed E-state index contributed by atoms with van der Waals surface area (Å²) in [5.41, 5.74) is -0.188. The molecular formula is C11H6Cl3N3O3. The highest BCUT2D eigenvalue weighted by Crippen LogP contribution is 2.23. The molecule has 0 saturated carbocycles. The standard InChI is InChI=1S/C11H6Cl3N3O3/c12-8-3-7(17(19)20)2-1-6(8)5-16-11(18)10(14)9(13)4-15-16/h1-4H,5H2. The Bertz CT molecular complexity index is 745. The van der Waals surface area contributed by atoms with Gasteiger partial charge < -0.3 is 0 Å². The van der Waals surface area contributed by atoms with Crippen molar-refractivity contribution in [1.29, 1.82) is 0 Å². The van der Waals surface area contributed by atoms with E-state index < -0.39 is 10.5 Å². The van der Waals surface area contributed by atoms with Gasteiger partial charge in [-0.25, -0.2) is 4.68 Å². The van der Waals surface area contributed by atoms with Gasteiger partial charge in [0.1, 0.15) is 5.02 Å². The van der Waals surface area contributed by atoms with E-state index in [1.54, 1.807) is 0 Å². The van der Waals surface area contributed by atoms with Crippen molar-refractivity contribution in [3.63, 3.8) is 0 Å². The largest absolute Gasteiger partial charge is 0.287 e. The van der Waals surface area contributed by atoms with E-state index in [1.807, 2.05) is 0 Å². The molecule has 20 heavy (non-hydrogen) atoms. The second kappa shape index (κ2) is 5.78. The summed E-state index contributed by atoms with van der Waals surface area (Å²) in [5, 5.41) is 14.5. The molecule has 2 aromatic rings. The van der Waals surface area contributed by atoms with E-state index in [0.717, 1.165) is 4.68 Å². The Kier molecular flexibility index (Phi) is 4.27. The molecule has 6 nitrogen and oxygen atoms in total. The van der Waals surface area contributed by atoms with Crippen molar-refractivity contribution in [2.45, 2.75) is 6.54 Å². The van der Waals surface area contributed by atoms with Gasteiger partial charge in [-0.05, 0) is 11.6 Å². The lowest BCUT2D eigenvalue weighted by atomic mass is 10.2. The summed E-state index contributed by atoms with van der Waals surface area (Å²) in [5.74, 6) is 0. The van der Waals surface area contributed by atoms with Gasteiger partial charge in [0.2, 0.25) is 0 Å². The smallest absolute Gasteiger partial charge is 0.266 e. The van der Waals surface area contributed by atoms with Crippen LogP contribution < -0.4 is 5.56 Å². The lowest BCUT2D eigenvalue weighted by Crippen LogP contribution is -2.23. The van der Waals surface area contributed by atoms with Crippen LogP contribution in [0.4, 0.5) is 5.69 Å². The highest BCUT2D eigenvalue weighted by Gasteiger charge is 2.12. The van der Waals surface area contributed by atoms with Gasteiger partial charge in [-0.1, -0.05) is 34.8 Å². The first kappa shape index (κ1) is 14.8.